The van der Waals surface area contributed by atoms with E-state index in [0.717, 1.165) is 28.4 Å². The Morgan fingerprint density at radius 1 is 1.17 bits per heavy atom. The molecular formula is C14H20Br2O2. The Bertz CT molecular complexity index is 357. The largest absolute Gasteiger partial charge is 0.379 e. The van der Waals surface area contributed by atoms with Gasteiger partial charge in [0.15, 0.2) is 0 Å². The maximum atomic E-state index is 5.99. The van der Waals surface area contributed by atoms with Crippen molar-refractivity contribution in [3.63, 3.8) is 0 Å². The predicted octanol–water partition coefficient (Wildman–Crippen LogP) is 4.50. The van der Waals surface area contributed by atoms with Crippen LogP contribution >= 0.6 is 31.9 Å². The Morgan fingerprint density at radius 3 is 2.50 bits per heavy atom. The molecule has 0 heterocycles. The second-order valence-electron chi connectivity index (χ2n) is 4.31. The number of ether oxygens (including phenoxy) is 2. The van der Waals surface area contributed by atoms with Gasteiger partial charge in [0, 0.05) is 16.4 Å². The van der Waals surface area contributed by atoms with E-state index in [0.29, 0.717) is 13.2 Å². The lowest BCUT2D eigenvalue weighted by Crippen LogP contribution is -2.30. The molecule has 1 unspecified atom stereocenters. The lowest BCUT2D eigenvalue weighted by Gasteiger charge is -2.29. The summed E-state index contributed by atoms with van der Waals surface area (Å²) in [6, 6.07) is 8.15. The average Bonchev–Trinajstić information content (AvgIpc) is 2.39. The number of hydrogen-bond donors (Lipinski definition) is 0. The van der Waals surface area contributed by atoms with Gasteiger partial charge in [0.05, 0.1) is 13.2 Å². The van der Waals surface area contributed by atoms with Gasteiger partial charge in [-0.15, -0.1) is 0 Å². The van der Waals surface area contributed by atoms with Crippen LogP contribution in [0.5, 0.6) is 0 Å². The van der Waals surface area contributed by atoms with Crippen LogP contribution in [0.4, 0.5) is 0 Å². The molecule has 0 amide bonds. The standard InChI is InChI=1S/C14H20Br2O2/c1-3-8-17-9-10-18-14(2,11-15)12-6-4-5-7-13(12)16/h4-7H,3,8-11H2,1-2H3. The molecule has 0 bridgehead atoms. The Hall–Kier alpha value is 0.1000. The van der Waals surface area contributed by atoms with Gasteiger partial charge < -0.3 is 9.47 Å². The van der Waals surface area contributed by atoms with Crippen LogP contribution in [0.2, 0.25) is 0 Å². The molecule has 18 heavy (non-hydrogen) atoms. The van der Waals surface area contributed by atoms with Crippen molar-refractivity contribution in [2.24, 2.45) is 0 Å². The van der Waals surface area contributed by atoms with E-state index >= 15 is 0 Å². The first-order valence-corrected chi connectivity index (χ1v) is 8.08. The second-order valence-corrected chi connectivity index (χ2v) is 5.72. The van der Waals surface area contributed by atoms with Crippen LogP contribution in [0, 0.1) is 0 Å². The number of alkyl halides is 1. The van der Waals surface area contributed by atoms with E-state index in [4.69, 9.17) is 9.47 Å². The zero-order valence-electron chi connectivity index (χ0n) is 10.9. The normalized spacial score (nSPS) is 14.4. The van der Waals surface area contributed by atoms with Crippen molar-refractivity contribution in [3.05, 3.63) is 34.3 Å². The number of hydrogen-bond acceptors (Lipinski definition) is 2. The molecule has 0 aliphatic heterocycles. The minimum Gasteiger partial charge on any atom is -0.379 e. The molecule has 0 aliphatic rings. The van der Waals surface area contributed by atoms with Crippen LogP contribution in [0.1, 0.15) is 25.8 Å². The van der Waals surface area contributed by atoms with Crippen molar-refractivity contribution in [2.45, 2.75) is 25.9 Å². The van der Waals surface area contributed by atoms with Gasteiger partial charge in [-0.1, -0.05) is 57.0 Å². The molecule has 2 nitrogen and oxygen atoms in total. The van der Waals surface area contributed by atoms with Gasteiger partial charge >= 0.3 is 0 Å². The molecule has 1 aromatic carbocycles. The molecule has 0 saturated carbocycles. The molecule has 0 saturated heterocycles. The van der Waals surface area contributed by atoms with Crippen molar-refractivity contribution in [2.75, 3.05) is 25.2 Å². The highest BCUT2D eigenvalue weighted by Crippen LogP contribution is 2.32. The Morgan fingerprint density at radius 2 is 1.89 bits per heavy atom. The third-order valence-electron chi connectivity index (χ3n) is 2.70. The Labute approximate surface area is 126 Å². The molecule has 102 valence electrons. The highest BCUT2D eigenvalue weighted by molar-refractivity contribution is 9.10. The van der Waals surface area contributed by atoms with Gasteiger partial charge in [-0.05, 0) is 25.0 Å². The summed E-state index contributed by atoms with van der Waals surface area (Å²) in [5.41, 5.74) is 0.813. The molecule has 0 N–H and O–H groups in total. The van der Waals surface area contributed by atoms with E-state index in [2.05, 4.69) is 51.8 Å². The first-order valence-electron chi connectivity index (χ1n) is 6.16. The molecule has 1 atom stereocenters. The average molecular weight is 380 g/mol. The highest BCUT2D eigenvalue weighted by atomic mass is 79.9. The smallest absolute Gasteiger partial charge is 0.101 e. The maximum Gasteiger partial charge on any atom is 0.101 e. The Balaban J connectivity index is 2.60. The van der Waals surface area contributed by atoms with Crippen LogP contribution in [0.3, 0.4) is 0 Å². The minimum atomic E-state index is -0.338. The van der Waals surface area contributed by atoms with Crippen molar-refractivity contribution in [3.8, 4) is 0 Å². The number of halogens is 2. The van der Waals surface area contributed by atoms with Crippen molar-refractivity contribution < 1.29 is 9.47 Å². The van der Waals surface area contributed by atoms with Gasteiger partial charge in [-0.3, -0.25) is 0 Å². The third-order valence-corrected chi connectivity index (χ3v) is 4.46. The van der Waals surface area contributed by atoms with Crippen LogP contribution in [-0.2, 0) is 15.1 Å². The first kappa shape index (κ1) is 16.2. The zero-order chi connectivity index (χ0) is 13.4. The van der Waals surface area contributed by atoms with Gasteiger partial charge in [0.25, 0.3) is 0 Å². The van der Waals surface area contributed by atoms with Gasteiger partial charge in [0.1, 0.15) is 5.60 Å². The SMILES string of the molecule is CCCOCCOC(C)(CBr)c1ccccc1Br. The molecular weight excluding hydrogens is 360 g/mol. The molecule has 0 aliphatic carbocycles. The van der Waals surface area contributed by atoms with Crippen molar-refractivity contribution in [1.82, 2.24) is 0 Å². The van der Waals surface area contributed by atoms with E-state index in [-0.39, 0.29) is 5.60 Å². The second kappa shape index (κ2) is 8.31. The maximum absolute atomic E-state index is 5.99. The van der Waals surface area contributed by atoms with Gasteiger partial charge in [-0.2, -0.15) is 0 Å². The molecule has 0 spiro atoms. The quantitative estimate of drug-likeness (QED) is 0.489. The third kappa shape index (κ3) is 4.65. The highest BCUT2D eigenvalue weighted by Gasteiger charge is 2.28. The lowest BCUT2D eigenvalue weighted by atomic mass is 9.98. The summed E-state index contributed by atoms with van der Waals surface area (Å²) in [6.45, 7) is 6.22. The Kier molecular flexibility index (Phi) is 7.46. The molecule has 0 radical (unpaired) electrons. The molecule has 0 aromatic heterocycles. The van der Waals surface area contributed by atoms with E-state index in [1.807, 2.05) is 18.2 Å². The van der Waals surface area contributed by atoms with Gasteiger partial charge in [-0.25, -0.2) is 0 Å². The number of benzene rings is 1. The number of rotatable bonds is 8. The molecule has 1 aromatic rings. The molecule has 1 rings (SSSR count). The molecule has 0 fully saturated rings. The van der Waals surface area contributed by atoms with Gasteiger partial charge in [0.2, 0.25) is 0 Å². The monoisotopic (exact) mass is 378 g/mol. The fourth-order valence-corrected chi connectivity index (χ4v) is 2.82. The van der Waals surface area contributed by atoms with E-state index in [1.54, 1.807) is 0 Å². The summed E-state index contributed by atoms with van der Waals surface area (Å²) in [6.07, 6.45) is 1.04. The summed E-state index contributed by atoms with van der Waals surface area (Å²) < 4.78 is 12.5. The zero-order valence-corrected chi connectivity index (χ0v) is 14.1. The summed E-state index contributed by atoms with van der Waals surface area (Å²) >= 11 is 7.11. The van der Waals surface area contributed by atoms with Crippen LogP contribution in [-0.4, -0.2) is 25.2 Å². The van der Waals surface area contributed by atoms with Crippen molar-refractivity contribution in [1.29, 1.82) is 0 Å². The first-order chi connectivity index (χ1) is 8.64. The fourth-order valence-electron chi connectivity index (χ4n) is 1.65. The predicted molar refractivity (Wildman–Crippen MR) is 82.4 cm³/mol. The minimum absolute atomic E-state index is 0.338. The summed E-state index contributed by atoms with van der Waals surface area (Å²) in [5, 5.41) is 0.746. The van der Waals surface area contributed by atoms with E-state index in [1.165, 1.54) is 0 Å². The molecule has 4 heteroatoms. The van der Waals surface area contributed by atoms with E-state index < -0.39 is 0 Å². The topological polar surface area (TPSA) is 18.5 Å². The summed E-state index contributed by atoms with van der Waals surface area (Å²) in [7, 11) is 0. The van der Waals surface area contributed by atoms with Crippen LogP contribution in [0.15, 0.2) is 28.7 Å². The summed E-state index contributed by atoms with van der Waals surface area (Å²) in [4.78, 5) is 0. The van der Waals surface area contributed by atoms with Crippen molar-refractivity contribution >= 4 is 31.9 Å². The van der Waals surface area contributed by atoms with E-state index in [9.17, 15) is 0 Å². The fraction of sp³-hybridized carbons (Fsp3) is 0.571. The lowest BCUT2D eigenvalue weighted by molar-refractivity contribution is -0.0461. The summed E-state index contributed by atoms with van der Waals surface area (Å²) in [5.74, 6) is 0. The van der Waals surface area contributed by atoms with Crippen LogP contribution < -0.4 is 0 Å². The van der Waals surface area contributed by atoms with Crippen LogP contribution in [0.25, 0.3) is 0 Å².